The first kappa shape index (κ1) is 21.7. The summed E-state index contributed by atoms with van der Waals surface area (Å²) in [5.41, 5.74) is 2.12. The molecule has 0 N–H and O–H groups in total. The van der Waals surface area contributed by atoms with Gasteiger partial charge in [-0.05, 0) is 30.2 Å². The van der Waals surface area contributed by atoms with Crippen molar-refractivity contribution in [2.45, 2.75) is 31.6 Å². The summed E-state index contributed by atoms with van der Waals surface area (Å²) in [6.45, 7) is 3.28. The molecular weight excluding hydrogens is 427 g/mol. The van der Waals surface area contributed by atoms with Gasteiger partial charge in [-0.15, -0.1) is 10.2 Å². The molecule has 0 aliphatic rings. The van der Waals surface area contributed by atoms with Gasteiger partial charge >= 0.3 is 0 Å². The van der Waals surface area contributed by atoms with E-state index in [4.69, 9.17) is 23.2 Å². The number of rotatable bonds is 8. The lowest BCUT2D eigenvalue weighted by Gasteiger charge is -2.17. The molecule has 0 radical (unpaired) electrons. The molecule has 5 nitrogen and oxygen atoms in total. The van der Waals surface area contributed by atoms with E-state index in [2.05, 4.69) is 33.8 Å². The molecule has 0 spiro atoms. The molecule has 0 fully saturated rings. The molecule has 0 atom stereocenters. The average Bonchev–Trinajstić information content (AvgIpc) is 3.11. The number of benzene rings is 2. The standard InChI is InChI=1S/C21H22Cl2N4OS/c1-3-27-19(12-15-7-5-4-6-8-15)24-25-21(27)29-14-20(28)26(2)13-16-9-10-17(22)18(23)11-16/h4-11H,3,12-14H2,1-2H3. The zero-order valence-corrected chi connectivity index (χ0v) is 18.6. The van der Waals surface area contributed by atoms with Crippen LogP contribution < -0.4 is 0 Å². The number of hydrogen-bond donors (Lipinski definition) is 0. The van der Waals surface area contributed by atoms with E-state index < -0.39 is 0 Å². The monoisotopic (exact) mass is 448 g/mol. The molecule has 2 aromatic carbocycles. The lowest BCUT2D eigenvalue weighted by atomic mass is 10.1. The van der Waals surface area contributed by atoms with Crippen molar-refractivity contribution < 1.29 is 4.79 Å². The van der Waals surface area contributed by atoms with E-state index >= 15 is 0 Å². The maximum absolute atomic E-state index is 12.6. The zero-order chi connectivity index (χ0) is 20.8. The Morgan fingerprint density at radius 3 is 2.52 bits per heavy atom. The first-order valence-electron chi connectivity index (χ1n) is 9.24. The van der Waals surface area contributed by atoms with Gasteiger partial charge in [0.2, 0.25) is 5.91 Å². The quantitative estimate of drug-likeness (QED) is 0.457. The Morgan fingerprint density at radius 1 is 1.07 bits per heavy atom. The van der Waals surface area contributed by atoms with Crippen LogP contribution in [0.15, 0.2) is 53.7 Å². The molecule has 0 saturated carbocycles. The number of aromatic nitrogens is 3. The van der Waals surface area contributed by atoms with Crippen molar-refractivity contribution in [2.24, 2.45) is 0 Å². The molecular formula is C21H22Cl2N4OS. The van der Waals surface area contributed by atoms with Crippen molar-refractivity contribution in [2.75, 3.05) is 12.8 Å². The summed E-state index contributed by atoms with van der Waals surface area (Å²) in [4.78, 5) is 14.2. The van der Waals surface area contributed by atoms with Crippen LogP contribution in [0.25, 0.3) is 0 Å². The summed E-state index contributed by atoms with van der Waals surface area (Å²) in [7, 11) is 1.77. The van der Waals surface area contributed by atoms with E-state index in [-0.39, 0.29) is 5.91 Å². The molecule has 8 heteroatoms. The number of amides is 1. The van der Waals surface area contributed by atoms with Crippen LogP contribution in [0.3, 0.4) is 0 Å². The van der Waals surface area contributed by atoms with Crippen LogP contribution in [0, 0.1) is 0 Å². The largest absolute Gasteiger partial charge is 0.341 e. The van der Waals surface area contributed by atoms with Crippen LogP contribution in [0.1, 0.15) is 23.9 Å². The minimum atomic E-state index is 0.0105. The zero-order valence-electron chi connectivity index (χ0n) is 16.3. The fourth-order valence-corrected chi connectivity index (χ4v) is 4.17. The smallest absolute Gasteiger partial charge is 0.233 e. The summed E-state index contributed by atoms with van der Waals surface area (Å²) in [6, 6.07) is 15.6. The molecule has 1 aromatic heterocycles. The van der Waals surface area contributed by atoms with Crippen LogP contribution in [0.4, 0.5) is 0 Å². The van der Waals surface area contributed by atoms with Gasteiger partial charge in [0.05, 0.1) is 15.8 Å². The van der Waals surface area contributed by atoms with E-state index in [0.717, 1.165) is 23.1 Å². The first-order valence-corrected chi connectivity index (χ1v) is 11.0. The highest BCUT2D eigenvalue weighted by Gasteiger charge is 2.16. The number of nitrogens with zero attached hydrogens (tertiary/aromatic N) is 4. The van der Waals surface area contributed by atoms with E-state index in [1.54, 1.807) is 24.1 Å². The number of carbonyl (C=O) groups is 1. The second-order valence-corrected chi connectivity index (χ2v) is 8.35. The summed E-state index contributed by atoms with van der Waals surface area (Å²) >= 11 is 13.4. The van der Waals surface area contributed by atoms with E-state index in [1.807, 2.05) is 24.3 Å². The molecule has 3 aromatic rings. The molecule has 1 amide bonds. The Kier molecular flexibility index (Phi) is 7.58. The van der Waals surface area contributed by atoms with Gasteiger partial charge in [0, 0.05) is 26.6 Å². The van der Waals surface area contributed by atoms with Gasteiger partial charge in [-0.3, -0.25) is 4.79 Å². The van der Waals surface area contributed by atoms with E-state index in [0.29, 0.717) is 28.8 Å². The van der Waals surface area contributed by atoms with Crippen LogP contribution in [-0.2, 0) is 24.3 Å². The molecule has 0 aliphatic heterocycles. The summed E-state index contributed by atoms with van der Waals surface area (Å²) in [5.74, 6) is 1.20. The lowest BCUT2D eigenvalue weighted by molar-refractivity contribution is -0.127. The Balaban J connectivity index is 1.60. The maximum Gasteiger partial charge on any atom is 0.233 e. The molecule has 0 bridgehead atoms. The molecule has 0 unspecified atom stereocenters. The predicted octanol–water partition coefficient (Wildman–Crippen LogP) is 4.95. The molecule has 0 aliphatic carbocycles. The van der Waals surface area contributed by atoms with Crippen LogP contribution in [-0.4, -0.2) is 38.4 Å². The van der Waals surface area contributed by atoms with Gasteiger partial charge < -0.3 is 9.47 Å². The van der Waals surface area contributed by atoms with Gasteiger partial charge in [-0.1, -0.05) is 71.4 Å². The van der Waals surface area contributed by atoms with Crippen LogP contribution in [0.2, 0.25) is 10.0 Å². The topological polar surface area (TPSA) is 51.0 Å². The Labute approximate surface area is 185 Å². The van der Waals surface area contributed by atoms with Gasteiger partial charge in [-0.2, -0.15) is 0 Å². The Hall–Kier alpha value is -2.02. The fraction of sp³-hybridized carbons (Fsp3) is 0.286. The molecule has 1 heterocycles. The maximum atomic E-state index is 12.6. The third-order valence-electron chi connectivity index (χ3n) is 4.47. The highest BCUT2D eigenvalue weighted by atomic mass is 35.5. The van der Waals surface area contributed by atoms with Crippen molar-refractivity contribution in [1.82, 2.24) is 19.7 Å². The molecule has 3 rings (SSSR count). The van der Waals surface area contributed by atoms with Crippen LogP contribution >= 0.6 is 35.0 Å². The van der Waals surface area contributed by atoms with Crippen LogP contribution in [0.5, 0.6) is 0 Å². The SMILES string of the molecule is CCn1c(Cc2ccccc2)nnc1SCC(=O)N(C)Cc1ccc(Cl)c(Cl)c1. The highest BCUT2D eigenvalue weighted by Crippen LogP contribution is 2.24. The van der Waals surface area contributed by atoms with Gasteiger partial charge in [0.25, 0.3) is 0 Å². The average molecular weight is 449 g/mol. The number of hydrogen-bond acceptors (Lipinski definition) is 4. The van der Waals surface area contributed by atoms with Crippen molar-refractivity contribution in [3.8, 4) is 0 Å². The van der Waals surface area contributed by atoms with Crippen molar-refractivity contribution >= 4 is 40.9 Å². The highest BCUT2D eigenvalue weighted by molar-refractivity contribution is 7.99. The second-order valence-electron chi connectivity index (χ2n) is 6.59. The number of thioether (sulfide) groups is 1. The third kappa shape index (κ3) is 5.75. The van der Waals surface area contributed by atoms with Gasteiger partial charge in [0.15, 0.2) is 5.16 Å². The fourth-order valence-electron chi connectivity index (χ4n) is 2.89. The Bertz CT molecular complexity index is 978. The molecule has 29 heavy (non-hydrogen) atoms. The van der Waals surface area contributed by atoms with Gasteiger partial charge in [0.1, 0.15) is 5.82 Å². The van der Waals surface area contributed by atoms with E-state index in [1.165, 1.54) is 17.3 Å². The summed E-state index contributed by atoms with van der Waals surface area (Å²) in [6.07, 6.45) is 0.716. The van der Waals surface area contributed by atoms with Crippen molar-refractivity contribution in [3.63, 3.8) is 0 Å². The second kappa shape index (κ2) is 10.1. The third-order valence-corrected chi connectivity index (χ3v) is 6.16. The van der Waals surface area contributed by atoms with Crippen molar-refractivity contribution in [1.29, 1.82) is 0 Å². The van der Waals surface area contributed by atoms with E-state index in [9.17, 15) is 4.79 Å². The summed E-state index contributed by atoms with van der Waals surface area (Å²) in [5, 5.41) is 10.4. The lowest BCUT2D eigenvalue weighted by Crippen LogP contribution is -2.28. The normalized spacial score (nSPS) is 10.9. The minimum Gasteiger partial charge on any atom is -0.341 e. The molecule has 152 valence electrons. The Morgan fingerprint density at radius 2 is 1.83 bits per heavy atom. The summed E-state index contributed by atoms with van der Waals surface area (Å²) < 4.78 is 2.06. The molecule has 0 saturated heterocycles. The first-order chi connectivity index (χ1) is 14.0. The predicted molar refractivity (Wildman–Crippen MR) is 119 cm³/mol. The van der Waals surface area contributed by atoms with Gasteiger partial charge in [-0.25, -0.2) is 0 Å². The number of halogens is 2. The number of carbonyl (C=O) groups excluding carboxylic acids is 1. The van der Waals surface area contributed by atoms with Crippen molar-refractivity contribution in [3.05, 3.63) is 75.5 Å². The minimum absolute atomic E-state index is 0.0105.